The minimum absolute atomic E-state index is 0.0223. The van der Waals surface area contributed by atoms with Crippen molar-refractivity contribution in [3.63, 3.8) is 0 Å². The zero-order valence-corrected chi connectivity index (χ0v) is 17.8. The van der Waals surface area contributed by atoms with Crippen LogP contribution < -0.4 is 0 Å². The van der Waals surface area contributed by atoms with Crippen molar-refractivity contribution in [2.75, 3.05) is 0 Å². The molecule has 1 fully saturated rings. The first-order valence-electron chi connectivity index (χ1n) is 9.36. The van der Waals surface area contributed by atoms with Gasteiger partial charge in [0.15, 0.2) is 5.17 Å². The highest BCUT2D eigenvalue weighted by molar-refractivity contribution is 8.15. The Morgan fingerprint density at radius 3 is 2.83 bits per heavy atom. The maximum Gasteiger partial charge on any atom is 0.242 e. The van der Waals surface area contributed by atoms with E-state index in [4.69, 9.17) is 16.0 Å². The van der Waals surface area contributed by atoms with Crippen LogP contribution in [0.2, 0.25) is 5.02 Å². The van der Waals surface area contributed by atoms with Crippen molar-refractivity contribution in [3.05, 3.63) is 88.6 Å². The van der Waals surface area contributed by atoms with Gasteiger partial charge >= 0.3 is 0 Å². The number of amides is 1. The third-order valence-corrected chi connectivity index (χ3v) is 6.20. The maximum absolute atomic E-state index is 13.1. The molecule has 1 amide bonds. The SMILES string of the molecule is Cc1ccc(C[C@@H]2S/C(=N\N=C/c3ccncc3)N(Cc3ccco3)C2=O)cc1Cl. The summed E-state index contributed by atoms with van der Waals surface area (Å²) in [6.45, 7) is 2.27. The molecule has 2 aromatic heterocycles. The Labute approximate surface area is 183 Å². The molecule has 8 heteroatoms. The summed E-state index contributed by atoms with van der Waals surface area (Å²) in [5.41, 5.74) is 2.90. The van der Waals surface area contributed by atoms with Crippen molar-refractivity contribution in [2.24, 2.45) is 10.2 Å². The van der Waals surface area contributed by atoms with Crippen molar-refractivity contribution in [1.82, 2.24) is 9.88 Å². The topological polar surface area (TPSA) is 71.1 Å². The van der Waals surface area contributed by atoms with Gasteiger partial charge in [-0.3, -0.25) is 14.7 Å². The number of rotatable bonds is 6. The molecule has 0 bridgehead atoms. The molecule has 1 atom stereocenters. The average molecular weight is 439 g/mol. The second-order valence-electron chi connectivity index (χ2n) is 6.81. The molecular formula is C22H19ClN4O2S. The number of hydrogen-bond acceptors (Lipinski definition) is 6. The van der Waals surface area contributed by atoms with E-state index in [1.807, 2.05) is 43.3 Å². The lowest BCUT2D eigenvalue weighted by molar-refractivity contribution is -0.126. The number of nitrogens with zero attached hydrogens (tertiary/aromatic N) is 4. The number of carbonyl (C=O) groups is 1. The van der Waals surface area contributed by atoms with Gasteiger partial charge in [-0.15, -0.1) is 5.10 Å². The van der Waals surface area contributed by atoms with Gasteiger partial charge in [-0.05, 0) is 60.4 Å². The molecule has 0 radical (unpaired) electrons. The fraction of sp³-hybridized carbons (Fsp3) is 0.182. The van der Waals surface area contributed by atoms with Gasteiger partial charge in [-0.1, -0.05) is 35.5 Å². The van der Waals surface area contributed by atoms with Gasteiger partial charge in [-0.25, -0.2) is 0 Å². The first-order chi connectivity index (χ1) is 14.6. The van der Waals surface area contributed by atoms with Gasteiger partial charge in [0.1, 0.15) is 5.76 Å². The highest BCUT2D eigenvalue weighted by Crippen LogP contribution is 2.32. The number of pyridine rings is 1. The monoisotopic (exact) mass is 438 g/mol. The average Bonchev–Trinajstić information content (AvgIpc) is 3.36. The molecule has 6 nitrogen and oxygen atoms in total. The smallest absolute Gasteiger partial charge is 0.242 e. The first-order valence-corrected chi connectivity index (χ1v) is 10.6. The summed E-state index contributed by atoms with van der Waals surface area (Å²) in [6, 6.07) is 13.2. The van der Waals surface area contributed by atoms with Crippen LogP contribution in [0.4, 0.5) is 0 Å². The lowest BCUT2D eigenvalue weighted by Crippen LogP contribution is -2.32. The van der Waals surface area contributed by atoms with Crippen LogP contribution in [0.3, 0.4) is 0 Å². The van der Waals surface area contributed by atoms with Crippen molar-refractivity contribution in [2.45, 2.75) is 25.1 Å². The predicted molar refractivity (Wildman–Crippen MR) is 120 cm³/mol. The Hall–Kier alpha value is -2.90. The molecule has 3 heterocycles. The molecule has 0 aliphatic carbocycles. The van der Waals surface area contributed by atoms with E-state index in [-0.39, 0.29) is 11.2 Å². The van der Waals surface area contributed by atoms with Crippen molar-refractivity contribution >= 4 is 40.7 Å². The van der Waals surface area contributed by atoms with E-state index in [0.29, 0.717) is 28.9 Å². The van der Waals surface area contributed by atoms with E-state index in [0.717, 1.165) is 16.7 Å². The summed E-state index contributed by atoms with van der Waals surface area (Å²) in [4.78, 5) is 18.7. The van der Waals surface area contributed by atoms with Gasteiger partial charge in [0.05, 0.1) is 24.3 Å². The van der Waals surface area contributed by atoms with Gasteiger partial charge in [-0.2, -0.15) is 5.10 Å². The fourth-order valence-corrected chi connectivity index (χ4v) is 4.33. The van der Waals surface area contributed by atoms with Crippen LogP contribution in [-0.4, -0.2) is 32.4 Å². The van der Waals surface area contributed by atoms with E-state index in [9.17, 15) is 4.79 Å². The van der Waals surface area contributed by atoms with Crippen LogP contribution in [0, 0.1) is 6.92 Å². The zero-order chi connectivity index (χ0) is 20.9. The highest BCUT2D eigenvalue weighted by atomic mass is 35.5. The Balaban J connectivity index is 1.56. The molecule has 0 N–H and O–H groups in total. The molecule has 4 rings (SSSR count). The van der Waals surface area contributed by atoms with Crippen LogP contribution in [0.5, 0.6) is 0 Å². The molecule has 1 saturated heterocycles. The van der Waals surface area contributed by atoms with Crippen LogP contribution in [0.15, 0.2) is 75.7 Å². The van der Waals surface area contributed by atoms with Gasteiger partial charge < -0.3 is 4.42 Å². The molecule has 1 aromatic carbocycles. The molecule has 1 aliphatic heterocycles. The Morgan fingerprint density at radius 2 is 2.10 bits per heavy atom. The molecular weight excluding hydrogens is 420 g/mol. The summed E-state index contributed by atoms with van der Waals surface area (Å²) in [7, 11) is 0. The number of aryl methyl sites for hydroxylation is 1. The molecule has 0 spiro atoms. The number of halogens is 1. The van der Waals surface area contributed by atoms with Crippen LogP contribution in [0.1, 0.15) is 22.5 Å². The standard InChI is InChI=1S/C22H19ClN4O2S/c1-15-4-5-17(11-19(15)23)12-20-21(28)27(14-18-3-2-10-29-18)22(30-20)26-25-13-16-6-8-24-9-7-16/h2-11,13,20H,12,14H2,1H3/b25-13-,26-22-/t20-/m0/s1. The third kappa shape index (κ3) is 4.80. The Bertz CT molecular complexity index is 1080. The number of hydrogen-bond donors (Lipinski definition) is 0. The van der Waals surface area contributed by atoms with Crippen molar-refractivity contribution in [3.8, 4) is 0 Å². The zero-order valence-electron chi connectivity index (χ0n) is 16.2. The summed E-state index contributed by atoms with van der Waals surface area (Å²) < 4.78 is 5.43. The second kappa shape index (κ2) is 9.28. The van der Waals surface area contributed by atoms with Gasteiger partial charge in [0, 0.05) is 17.4 Å². The number of carbonyl (C=O) groups excluding carboxylic acids is 1. The van der Waals surface area contributed by atoms with Gasteiger partial charge in [0.2, 0.25) is 5.91 Å². The Kier molecular flexibility index (Phi) is 6.30. The fourth-order valence-electron chi connectivity index (χ4n) is 2.99. The largest absolute Gasteiger partial charge is 0.467 e. The van der Waals surface area contributed by atoms with E-state index in [1.54, 1.807) is 35.8 Å². The van der Waals surface area contributed by atoms with E-state index < -0.39 is 0 Å². The second-order valence-corrected chi connectivity index (χ2v) is 8.38. The summed E-state index contributed by atoms with van der Waals surface area (Å²) in [6.07, 6.45) is 7.17. The summed E-state index contributed by atoms with van der Waals surface area (Å²) in [5.74, 6) is 0.666. The number of furan rings is 1. The summed E-state index contributed by atoms with van der Waals surface area (Å²) >= 11 is 7.66. The van der Waals surface area contributed by atoms with Crippen LogP contribution in [0.25, 0.3) is 0 Å². The van der Waals surface area contributed by atoms with Crippen molar-refractivity contribution < 1.29 is 9.21 Å². The maximum atomic E-state index is 13.1. The lowest BCUT2D eigenvalue weighted by Gasteiger charge is -2.14. The lowest BCUT2D eigenvalue weighted by atomic mass is 10.1. The summed E-state index contributed by atoms with van der Waals surface area (Å²) in [5, 5.41) is 9.44. The van der Waals surface area contributed by atoms with Crippen molar-refractivity contribution in [1.29, 1.82) is 0 Å². The minimum Gasteiger partial charge on any atom is -0.467 e. The predicted octanol–water partition coefficient (Wildman–Crippen LogP) is 4.71. The number of benzene rings is 1. The minimum atomic E-state index is -0.298. The quantitative estimate of drug-likeness (QED) is 0.412. The number of aromatic nitrogens is 1. The van der Waals surface area contributed by atoms with E-state index in [1.165, 1.54) is 11.8 Å². The molecule has 0 saturated carbocycles. The molecule has 0 unspecified atom stereocenters. The van der Waals surface area contributed by atoms with E-state index >= 15 is 0 Å². The Morgan fingerprint density at radius 1 is 1.27 bits per heavy atom. The van der Waals surface area contributed by atoms with E-state index in [2.05, 4.69) is 15.2 Å². The normalized spacial score (nSPS) is 18.1. The molecule has 152 valence electrons. The highest BCUT2D eigenvalue weighted by Gasteiger charge is 2.38. The van der Waals surface area contributed by atoms with Crippen LogP contribution in [-0.2, 0) is 17.8 Å². The first kappa shape index (κ1) is 20.4. The van der Waals surface area contributed by atoms with Crippen LogP contribution >= 0.6 is 23.4 Å². The third-order valence-electron chi connectivity index (χ3n) is 4.63. The molecule has 30 heavy (non-hydrogen) atoms. The number of amidine groups is 1. The molecule has 1 aliphatic rings. The number of thioether (sulfide) groups is 1. The molecule has 3 aromatic rings. The van der Waals surface area contributed by atoms with Gasteiger partial charge in [0.25, 0.3) is 0 Å².